The van der Waals surface area contributed by atoms with Gasteiger partial charge in [-0.15, -0.1) is 0 Å². The smallest absolute Gasteiger partial charge is 0.337 e. The Balaban J connectivity index is 2.62. The van der Waals surface area contributed by atoms with Crippen LogP contribution in [0.25, 0.3) is 11.3 Å². The first-order chi connectivity index (χ1) is 9.13. The molecule has 0 unspecified atom stereocenters. The molecule has 0 fully saturated rings. The van der Waals surface area contributed by atoms with E-state index in [0.717, 1.165) is 12.3 Å². The van der Waals surface area contributed by atoms with Crippen molar-refractivity contribution in [1.82, 2.24) is 15.0 Å². The molecule has 7 nitrogen and oxygen atoms in total. The predicted molar refractivity (Wildman–Crippen MR) is 66.0 cm³/mol. The van der Waals surface area contributed by atoms with Crippen LogP contribution >= 0.6 is 0 Å². The van der Waals surface area contributed by atoms with E-state index < -0.39 is 10.7 Å². The lowest BCUT2D eigenvalue weighted by atomic mass is 10.1. The largest absolute Gasteiger partial charge is 0.365 e. The van der Waals surface area contributed by atoms with Gasteiger partial charge in [-0.1, -0.05) is 0 Å². The van der Waals surface area contributed by atoms with E-state index in [0.29, 0.717) is 6.54 Å². The fourth-order valence-corrected chi connectivity index (χ4v) is 1.60. The average molecular weight is 263 g/mol. The highest BCUT2D eigenvalue weighted by Gasteiger charge is 2.23. The van der Waals surface area contributed by atoms with Gasteiger partial charge >= 0.3 is 5.69 Å². The van der Waals surface area contributed by atoms with Crippen LogP contribution in [0.4, 0.5) is 15.9 Å². The number of hydrogen-bond donors (Lipinski definition) is 1. The number of nitro groups is 1. The van der Waals surface area contributed by atoms with E-state index in [-0.39, 0.29) is 22.8 Å². The zero-order chi connectivity index (χ0) is 13.8. The van der Waals surface area contributed by atoms with Gasteiger partial charge in [0.2, 0.25) is 5.82 Å². The molecule has 0 aromatic carbocycles. The molecule has 2 aromatic rings. The van der Waals surface area contributed by atoms with Crippen molar-refractivity contribution < 1.29 is 9.31 Å². The topological polar surface area (TPSA) is 93.8 Å². The van der Waals surface area contributed by atoms with Crippen LogP contribution in [-0.4, -0.2) is 26.4 Å². The monoisotopic (exact) mass is 263 g/mol. The van der Waals surface area contributed by atoms with Gasteiger partial charge in [0, 0.05) is 18.3 Å². The molecule has 0 atom stereocenters. The SMILES string of the molecule is CCNc1ncnc(-c2cncc(F)c2)c1[N+](=O)[O-]. The van der Waals surface area contributed by atoms with Gasteiger partial charge in [-0.2, -0.15) is 0 Å². The van der Waals surface area contributed by atoms with Gasteiger partial charge in [-0.05, 0) is 13.0 Å². The number of anilines is 1. The lowest BCUT2D eigenvalue weighted by molar-refractivity contribution is -0.383. The summed E-state index contributed by atoms with van der Waals surface area (Å²) >= 11 is 0. The van der Waals surface area contributed by atoms with Crippen LogP contribution in [-0.2, 0) is 0 Å². The lowest BCUT2D eigenvalue weighted by Gasteiger charge is -2.06. The van der Waals surface area contributed by atoms with Crippen LogP contribution in [0, 0.1) is 15.9 Å². The van der Waals surface area contributed by atoms with Crippen molar-refractivity contribution >= 4 is 11.5 Å². The molecule has 0 saturated carbocycles. The van der Waals surface area contributed by atoms with Crippen LogP contribution in [0.5, 0.6) is 0 Å². The molecule has 1 N–H and O–H groups in total. The van der Waals surface area contributed by atoms with Gasteiger partial charge in [-0.25, -0.2) is 14.4 Å². The number of nitrogens with zero attached hydrogens (tertiary/aromatic N) is 4. The Bertz CT molecular complexity index is 620. The van der Waals surface area contributed by atoms with Crippen LogP contribution in [0.2, 0.25) is 0 Å². The predicted octanol–water partition coefficient (Wildman–Crippen LogP) is 2.02. The molecule has 0 amide bonds. The average Bonchev–Trinajstić information content (AvgIpc) is 2.38. The summed E-state index contributed by atoms with van der Waals surface area (Å²) in [6, 6.07) is 1.14. The van der Waals surface area contributed by atoms with Gasteiger partial charge in [0.25, 0.3) is 0 Å². The molecule has 0 radical (unpaired) electrons. The van der Waals surface area contributed by atoms with Crippen molar-refractivity contribution in [2.45, 2.75) is 6.92 Å². The van der Waals surface area contributed by atoms with E-state index >= 15 is 0 Å². The molecule has 2 rings (SSSR count). The van der Waals surface area contributed by atoms with Crippen molar-refractivity contribution in [2.24, 2.45) is 0 Å². The Morgan fingerprint density at radius 1 is 1.42 bits per heavy atom. The van der Waals surface area contributed by atoms with E-state index in [9.17, 15) is 14.5 Å². The van der Waals surface area contributed by atoms with E-state index in [1.54, 1.807) is 6.92 Å². The fraction of sp³-hybridized carbons (Fsp3) is 0.182. The second-order valence-corrected chi connectivity index (χ2v) is 3.60. The minimum atomic E-state index is -0.599. The normalized spacial score (nSPS) is 10.2. The van der Waals surface area contributed by atoms with Gasteiger partial charge in [-0.3, -0.25) is 15.1 Å². The molecule has 2 aromatic heterocycles. The van der Waals surface area contributed by atoms with Crippen LogP contribution in [0.3, 0.4) is 0 Å². The highest BCUT2D eigenvalue weighted by atomic mass is 19.1. The number of halogens is 1. The van der Waals surface area contributed by atoms with Crippen molar-refractivity contribution in [2.75, 3.05) is 11.9 Å². The van der Waals surface area contributed by atoms with Crippen molar-refractivity contribution in [1.29, 1.82) is 0 Å². The van der Waals surface area contributed by atoms with Crippen molar-refractivity contribution in [3.63, 3.8) is 0 Å². The van der Waals surface area contributed by atoms with E-state index in [2.05, 4.69) is 20.3 Å². The second kappa shape index (κ2) is 5.34. The highest BCUT2D eigenvalue weighted by molar-refractivity contribution is 5.76. The zero-order valence-electron chi connectivity index (χ0n) is 10.00. The molecule has 19 heavy (non-hydrogen) atoms. The number of nitrogens with one attached hydrogen (secondary N) is 1. The number of rotatable bonds is 4. The third kappa shape index (κ3) is 2.62. The third-order valence-corrected chi connectivity index (χ3v) is 2.33. The minimum Gasteiger partial charge on any atom is -0.365 e. The van der Waals surface area contributed by atoms with E-state index in [4.69, 9.17) is 0 Å². The Hall–Kier alpha value is -2.64. The Morgan fingerprint density at radius 2 is 2.21 bits per heavy atom. The maximum absolute atomic E-state index is 13.1. The lowest BCUT2D eigenvalue weighted by Crippen LogP contribution is -2.06. The van der Waals surface area contributed by atoms with Crippen molar-refractivity contribution in [3.8, 4) is 11.3 Å². The summed E-state index contributed by atoms with van der Waals surface area (Å²) < 4.78 is 13.1. The van der Waals surface area contributed by atoms with Crippen molar-refractivity contribution in [3.05, 3.63) is 40.7 Å². The molecule has 0 saturated heterocycles. The van der Waals surface area contributed by atoms with Crippen LogP contribution in [0.1, 0.15) is 6.92 Å². The summed E-state index contributed by atoms with van der Waals surface area (Å²) in [7, 11) is 0. The first-order valence-corrected chi connectivity index (χ1v) is 5.47. The summed E-state index contributed by atoms with van der Waals surface area (Å²) in [6.45, 7) is 2.26. The van der Waals surface area contributed by atoms with Gasteiger partial charge in [0.1, 0.15) is 12.1 Å². The van der Waals surface area contributed by atoms with E-state index in [1.165, 1.54) is 12.5 Å². The van der Waals surface area contributed by atoms with Gasteiger partial charge in [0.05, 0.1) is 11.1 Å². The molecular formula is C11H10FN5O2. The molecule has 0 aliphatic rings. The molecule has 98 valence electrons. The van der Waals surface area contributed by atoms with E-state index in [1.807, 2.05) is 0 Å². The number of aromatic nitrogens is 3. The summed E-state index contributed by atoms with van der Waals surface area (Å²) in [5, 5.41) is 13.9. The molecule has 0 bridgehead atoms. The maximum atomic E-state index is 13.1. The van der Waals surface area contributed by atoms with Crippen LogP contribution in [0.15, 0.2) is 24.8 Å². The molecule has 2 heterocycles. The third-order valence-electron chi connectivity index (χ3n) is 2.33. The summed E-state index contributed by atoms with van der Waals surface area (Å²) in [5.74, 6) is -0.489. The molecule has 0 aliphatic heterocycles. The molecule has 8 heteroatoms. The molecular weight excluding hydrogens is 253 g/mol. The molecule has 0 aliphatic carbocycles. The van der Waals surface area contributed by atoms with Gasteiger partial charge in [0.15, 0.2) is 5.69 Å². The quantitative estimate of drug-likeness (QED) is 0.669. The first-order valence-electron chi connectivity index (χ1n) is 5.47. The Morgan fingerprint density at radius 3 is 2.84 bits per heavy atom. The number of hydrogen-bond acceptors (Lipinski definition) is 6. The summed E-state index contributed by atoms with van der Waals surface area (Å²) in [5.41, 5.74) is -0.0343. The fourth-order valence-electron chi connectivity index (χ4n) is 1.60. The summed E-state index contributed by atoms with van der Waals surface area (Å²) in [4.78, 5) is 21.9. The highest BCUT2D eigenvalue weighted by Crippen LogP contribution is 2.32. The second-order valence-electron chi connectivity index (χ2n) is 3.60. The summed E-state index contributed by atoms with van der Waals surface area (Å²) in [6.07, 6.45) is 3.51. The van der Waals surface area contributed by atoms with Crippen LogP contribution < -0.4 is 5.32 Å². The first kappa shape index (κ1) is 12.8. The zero-order valence-corrected chi connectivity index (χ0v) is 10.00. The standard InChI is InChI=1S/C11H10FN5O2/c1-2-14-11-10(17(18)19)9(15-6-16-11)7-3-8(12)5-13-4-7/h3-6H,2H2,1H3,(H,14,15,16). The maximum Gasteiger partial charge on any atom is 0.337 e. The Labute approximate surface area is 107 Å². The minimum absolute atomic E-state index is 0.0305. The van der Waals surface area contributed by atoms with Gasteiger partial charge < -0.3 is 5.32 Å². The number of pyridine rings is 1. The Kier molecular flexibility index (Phi) is 3.60. The molecule has 0 spiro atoms.